The summed E-state index contributed by atoms with van der Waals surface area (Å²) in [5.41, 5.74) is 4.89. The Balaban J connectivity index is 1.72. The van der Waals surface area contributed by atoms with E-state index in [9.17, 15) is 0 Å². The Bertz CT molecular complexity index is 667. The van der Waals surface area contributed by atoms with Gasteiger partial charge < -0.3 is 9.88 Å². The Kier molecular flexibility index (Phi) is 3.55. The second-order valence-electron chi connectivity index (χ2n) is 4.98. The van der Waals surface area contributed by atoms with Crippen LogP contribution in [0, 0.1) is 6.92 Å². The molecule has 0 amide bonds. The largest absolute Gasteiger partial charge is 0.381 e. The lowest BCUT2D eigenvalue weighted by atomic mass is 10.1. The molecule has 1 aromatic heterocycles. The highest BCUT2D eigenvalue weighted by Crippen LogP contribution is 2.16. The number of hydrogen-bond acceptors (Lipinski definition) is 1. The molecule has 2 aromatic carbocycles. The Morgan fingerprint density at radius 2 is 1.65 bits per heavy atom. The number of anilines is 1. The van der Waals surface area contributed by atoms with Crippen LogP contribution >= 0.6 is 0 Å². The van der Waals surface area contributed by atoms with E-state index in [1.165, 1.54) is 16.8 Å². The topological polar surface area (TPSA) is 17.0 Å². The number of hydrogen-bond donors (Lipinski definition) is 1. The zero-order chi connectivity index (χ0) is 13.8. The lowest BCUT2D eigenvalue weighted by Gasteiger charge is -2.09. The Morgan fingerprint density at radius 3 is 2.40 bits per heavy atom. The molecule has 3 aromatic rings. The minimum absolute atomic E-state index is 0.843. The van der Waals surface area contributed by atoms with Gasteiger partial charge in [-0.15, -0.1) is 0 Å². The van der Waals surface area contributed by atoms with E-state index in [-0.39, 0.29) is 0 Å². The van der Waals surface area contributed by atoms with Gasteiger partial charge in [-0.2, -0.15) is 0 Å². The Labute approximate surface area is 119 Å². The van der Waals surface area contributed by atoms with Crippen LogP contribution in [0.15, 0.2) is 73.1 Å². The molecule has 100 valence electrons. The highest BCUT2D eigenvalue weighted by Gasteiger charge is 1.98. The summed E-state index contributed by atoms with van der Waals surface area (Å²) < 4.78 is 2.11. The summed E-state index contributed by atoms with van der Waals surface area (Å²) in [7, 11) is 0. The molecule has 0 fully saturated rings. The van der Waals surface area contributed by atoms with Crippen molar-refractivity contribution < 1.29 is 0 Å². The normalized spacial score (nSPS) is 10.4. The van der Waals surface area contributed by atoms with Gasteiger partial charge in [-0.25, -0.2) is 0 Å². The van der Waals surface area contributed by atoms with E-state index in [1.807, 2.05) is 12.1 Å². The number of aryl methyl sites for hydroxylation is 1. The molecule has 1 heterocycles. The fourth-order valence-corrected chi connectivity index (χ4v) is 2.19. The molecule has 0 saturated heterocycles. The molecule has 0 unspecified atom stereocenters. The summed E-state index contributed by atoms with van der Waals surface area (Å²) in [5.74, 6) is 0. The third-order valence-electron chi connectivity index (χ3n) is 3.37. The van der Waals surface area contributed by atoms with Crippen molar-refractivity contribution >= 4 is 5.69 Å². The predicted octanol–water partition coefficient (Wildman–Crippen LogP) is 4.40. The van der Waals surface area contributed by atoms with Crippen molar-refractivity contribution in [1.29, 1.82) is 0 Å². The third kappa shape index (κ3) is 2.91. The molecule has 0 aliphatic carbocycles. The van der Waals surface area contributed by atoms with Crippen LogP contribution in [0.4, 0.5) is 5.69 Å². The van der Waals surface area contributed by atoms with Crippen molar-refractivity contribution in [3.05, 3.63) is 84.2 Å². The molecule has 20 heavy (non-hydrogen) atoms. The molecule has 0 aliphatic rings. The molecule has 0 aliphatic heterocycles. The van der Waals surface area contributed by atoms with Crippen molar-refractivity contribution in [3.63, 3.8) is 0 Å². The van der Waals surface area contributed by atoms with Gasteiger partial charge in [-0.1, -0.05) is 35.9 Å². The second kappa shape index (κ2) is 5.66. The van der Waals surface area contributed by atoms with Crippen LogP contribution in [0.1, 0.15) is 11.1 Å². The van der Waals surface area contributed by atoms with Gasteiger partial charge >= 0.3 is 0 Å². The van der Waals surface area contributed by atoms with E-state index >= 15 is 0 Å². The first-order valence-electron chi connectivity index (χ1n) is 6.84. The molecule has 0 radical (unpaired) electrons. The van der Waals surface area contributed by atoms with Crippen LogP contribution in [0.3, 0.4) is 0 Å². The summed E-state index contributed by atoms with van der Waals surface area (Å²) in [6, 6.07) is 21.1. The van der Waals surface area contributed by atoms with Crippen molar-refractivity contribution in [2.24, 2.45) is 0 Å². The summed E-state index contributed by atoms with van der Waals surface area (Å²) >= 11 is 0. The molecule has 0 saturated carbocycles. The zero-order valence-electron chi connectivity index (χ0n) is 11.6. The maximum absolute atomic E-state index is 3.47. The van der Waals surface area contributed by atoms with Gasteiger partial charge in [-0.05, 0) is 42.8 Å². The SMILES string of the molecule is Cc1ccc(CNc2cccc(-n3cccc3)c2)cc1. The second-order valence-corrected chi connectivity index (χ2v) is 4.98. The van der Waals surface area contributed by atoms with Crippen LogP contribution in [-0.4, -0.2) is 4.57 Å². The molecule has 2 heteroatoms. The van der Waals surface area contributed by atoms with Gasteiger partial charge in [0.2, 0.25) is 0 Å². The van der Waals surface area contributed by atoms with Crippen molar-refractivity contribution in [1.82, 2.24) is 4.57 Å². The molecule has 1 N–H and O–H groups in total. The van der Waals surface area contributed by atoms with E-state index < -0.39 is 0 Å². The van der Waals surface area contributed by atoms with Crippen molar-refractivity contribution in [2.75, 3.05) is 5.32 Å². The zero-order valence-corrected chi connectivity index (χ0v) is 11.6. The predicted molar refractivity (Wildman–Crippen MR) is 84.3 cm³/mol. The van der Waals surface area contributed by atoms with E-state index in [0.717, 1.165) is 12.2 Å². The Hall–Kier alpha value is -2.48. The van der Waals surface area contributed by atoms with Crippen molar-refractivity contribution in [3.8, 4) is 5.69 Å². The molecule has 0 spiro atoms. The molecular weight excluding hydrogens is 244 g/mol. The van der Waals surface area contributed by atoms with Gasteiger partial charge in [0.1, 0.15) is 0 Å². The summed E-state index contributed by atoms with van der Waals surface area (Å²) in [6.45, 7) is 2.95. The van der Waals surface area contributed by atoms with Gasteiger partial charge in [0.15, 0.2) is 0 Å². The van der Waals surface area contributed by atoms with E-state index in [0.29, 0.717) is 0 Å². The lowest BCUT2D eigenvalue weighted by Crippen LogP contribution is -2.00. The number of nitrogens with zero attached hydrogens (tertiary/aromatic N) is 1. The van der Waals surface area contributed by atoms with E-state index in [4.69, 9.17) is 0 Å². The van der Waals surface area contributed by atoms with E-state index in [1.54, 1.807) is 0 Å². The maximum Gasteiger partial charge on any atom is 0.0469 e. The van der Waals surface area contributed by atoms with Gasteiger partial charge in [0, 0.05) is 30.3 Å². The molecule has 0 bridgehead atoms. The molecule has 0 atom stereocenters. The highest BCUT2D eigenvalue weighted by atomic mass is 14.9. The third-order valence-corrected chi connectivity index (χ3v) is 3.37. The van der Waals surface area contributed by atoms with Crippen molar-refractivity contribution in [2.45, 2.75) is 13.5 Å². The number of aromatic nitrogens is 1. The van der Waals surface area contributed by atoms with E-state index in [2.05, 4.69) is 77.7 Å². The summed E-state index contributed by atoms with van der Waals surface area (Å²) in [5, 5.41) is 3.47. The van der Waals surface area contributed by atoms with Gasteiger partial charge in [-0.3, -0.25) is 0 Å². The van der Waals surface area contributed by atoms with Crippen LogP contribution in [0.2, 0.25) is 0 Å². The van der Waals surface area contributed by atoms with Crippen LogP contribution < -0.4 is 5.32 Å². The number of rotatable bonds is 4. The minimum atomic E-state index is 0.843. The van der Waals surface area contributed by atoms with Gasteiger partial charge in [0.25, 0.3) is 0 Å². The average molecular weight is 262 g/mol. The average Bonchev–Trinajstić information content (AvgIpc) is 3.01. The summed E-state index contributed by atoms with van der Waals surface area (Å²) in [6.07, 6.45) is 4.11. The van der Waals surface area contributed by atoms with Gasteiger partial charge in [0.05, 0.1) is 0 Å². The van der Waals surface area contributed by atoms with Crippen LogP contribution in [0.5, 0.6) is 0 Å². The molecule has 2 nitrogen and oxygen atoms in total. The summed E-state index contributed by atoms with van der Waals surface area (Å²) in [4.78, 5) is 0. The fraction of sp³-hybridized carbons (Fsp3) is 0.111. The number of nitrogens with one attached hydrogen (secondary N) is 1. The standard InChI is InChI=1S/C18H18N2/c1-15-7-9-16(10-8-15)14-19-17-5-4-6-18(13-17)20-11-2-3-12-20/h2-13,19H,14H2,1H3. The lowest BCUT2D eigenvalue weighted by molar-refractivity contribution is 1.07. The maximum atomic E-state index is 3.47. The first-order valence-corrected chi connectivity index (χ1v) is 6.84. The molecular formula is C18H18N2. The molecule has 3 rings (SSSR count). The van der Waals surface area contributed by atoms with Crippen LogP contribution in [-0.2, 0) is 6.54 Å². The smallest absolute Gasteiger partial charge is 0.0469 e. The van der Waals surface area contributed by atoms with Crippen LogP contribution in [0.25, 0.3) is 5.69 Å². The first kappa shape index (κ1) is 12.5. The number of benzene rings is 2. The minimum Gasteiger partial charge on any atom is -0.381 e. The highest BCUT2D eigenvalue weighted by molar-refractivity contribution is 5.51. The first-order chi connectivity index (χ1) is 9.81. The Morgan fingerprint density at radius 1 is 0.900 bits per heavy atom. The quantitative estimate of drug-likeness (QED) is 0.737. The monoisotopic (exact) mass is 262 g/mol. The fourth-order valence-electron chi connectivity index (χ4n) is 2.19.